The van der Waals surface area contributed by atoms with E-state index in [4.69, 9.17) is 4.74 Å². The number of hydrogen-bond donors (Lipinski definition) is 1. The number of anilines is 2. The van der Waals surface area contributed by atoms with Gasteiger partial charge in [0.25, 0.3) is 0 Å². The average molecular weight is 360 g/mol. The van der Waals surface area contributed by atoms with Crippen molar-refractivity contribution in [3.05, 3.63) is 59.9 Å². The van der Waals surface area contributed by atoms with Gasteiger partial charge in [-0.25, -0.2) is 9.18 Å². The number of nitrogens with one attached hydrogen (secondary N) is 1. The predicted molar refractivity (Wildman–Crippen MR) is 101 cm³/mol. The maximum atomic E-state index is 14.4. The molecule has 0 aromatic heterocycles. The Labute approximate surface area is 151 Å². The number of rotatable bonds is 4. The summed E-state index contributed by atoms with van der Waals surface area (Å²) in [6.45, 7) is 1.88. The van der Waals surface area contributed by atoms with Gasteiger partial charge < -0.3 is 9.64 Å². The van der Waals surface area contributed by atoms with Gasteiger partial charge in [-0.3, -0.25) is 5.32 Å². The first kappa shape index (κ1) is 17.6. The minimum Gasteiger partial charge on any atom is -0.444 e. The van der Waals surface area contributed by atoms with Crippen molar-refractivity contribution in [1.82, 2.24) is 0 Å². The van der Waals surface area contributed by atoms with Crippen LogP contribution in [0.4, 0.5) is 20.6 Å². The third kappa shape index (κ3) is 5.13. The molecule has 3 rings (SSSR count). The Morgan fingerprint density at radius 3 is 2.80 bits per heavy atom. The molecule has 2 aromatic carbocycles. The Bertz CT molecular complexity index is 704. The molecule has 0 spiro atoms. The second-order valence-corrected chi connectivity index (χ2v) is 7.03. The number of carbonyl (C=O) groups is 1. The predicted octanol–water partition coefficient (Wildman–Crippen LogP) is 4.52. The normalized spacial score (nSPS) is 14.7. The van der Waals surface area contributed by atoms with E-state index >= 15 is 0 Å². The summed E-state index contributed by atoms with van der Waals surface area (Å²) < 4.78 is 19.6. The molecule has 0 unspecified atom stereocenters. The molecule has 0 atom stereocenters. The fraction of sp³-hybridized carbons (Fsp3) is 0.316. The van der Waals surface area contributed by atoms with E-state index in [0.717, 1.165) is 36.6 Å². The number of halogens is 1. The minimum absolute atomic E-state index is 0.179. The van der Waals surface area contributed by atoms with Crippen LogP contribution in [0, 0.1) is 5.82 Å². The quantitative estimate of drug-likeness (QED) is 0.871. The SMILES string of the molecule is O=C(Nc1ccc(N2CCCSCC2)c(F)c1)OCc1ccccc1. The summed E-state index contributed by atoms with van der Waals surface area (Å²) in [7, 11) is 0. The largest absolute Gasteiger partial charge is 0.444 e. The van der Waals surface area contributed by atoms with Gasteiger partial charge in [0.05, 0.1) is 5.69 Å². The molecule has 1 fully saturated rings. The third-order valence-corrected chi connectivity index (χ3v) is 5.02. The molecule has 1 heterocycles. The van der Waals surface area contributed by atoms with E-state index < -0.39 is 6.09 Å². The van der Waals surface area contributed by atoms with E-state index in [1.165, 1.54) is 6.07 Å². The van der Waals surface area contributed by atoms with Gasteiger partial charge in [-0.15, -0.1) is 0 Å². The molecule has 6 heteroatoms. The van der Waals surface area contributed by atoms with E-state index in [1.54, 1.807) is 12.1 Å². The zero-order valence-electron chi connectivity index (χ0n) is 13.9. The van der Waals surface area contributed by atoms with Crippen LogP contribution in [0.3, 0.4) is 0 Å². The molecule has 25 heavy (non-hydrogen) atoms. The van der Waals surface area contributed by atoms with Crippen molar-refractivity contribution >= 4 is 29.2 Å². The van der Waals surface area contributed by atoms with Crippen LogP contribution in [0.5, 0.6) is 0 Å². The Kier molecular flexibility index (Phi) is 6.17. The topological polar surface area (TPSA) is 41.6 Å². The molecule has 1 aliphatic rings. The van der Waals surface area contributed by atoms with Gasteiger partial charge in [0, 0.05) is 24.5 Å². The Morgan fingerprint density at radius 2 is 2.00 bits per heavy atom. The highest BCUT2D eigenvalue weighted by Crippen LogP contribution is 2.25. The zero-order valence-corrected chi connectivity index (χ0v) is 14.7. The highest BCUT2D eigenvalue weighted by Gasteiger charge is 2.15. The number of amides is 1. The molecule has 1 aliphatic heterocycles. The van der Waals surface area contributed by atoms with Crippen molar-refractivity contribution in [2.24, 2.45) is 0 Å². The van der Waals surface area contributed by atoms with E-state index in [2.05, 4.69) is 10.2 Å². The van der Waals surface area contributed by atoms with Crippen molar-refractivity contribution in [3.63, 3.8) is 0 Å². The van der Waals surface area contributed by atoms with E-state index in [0.29, 0.717) is 11.4 Å². The first-order chi connectivity index (χ1) is 12.2. The van der Waals surface area contributed by atoms with Gasteiger partial charge in [-0.2, -0.15) is 11.8 Å². The summed E-state index contributed by atoms with van der Waals surface area (Å²) in [6.07, 6.45) is 0.456. The molecule has 1 amide bonds. The van der Waals surface area contributed by atoms with Crippen LogP contribution in [0.1, 0.15) is 12.0 Å². The molecular formula is C19H21FN2O2S. The Morgan fingerprint density at radius 1 is 1.16 bits per heavy atom. The second-order valence-electron chi connectivity index (χ2n) is 5.81. The fourth-order valence-corrected chi connectivity index (χ4v) is 3.59. The highest BCUT2D eigenvalue weighted by molar-refractivity contribution is 7.99. The number of carbonyl (C=O) groups excluding carboxylic acids is 1. The molecule has 0 aliphatic carbocycles. The van der Waals surface area contributed by atoms with Gasteiger partial charge in [-0.05, 0) is 35.9 Å². The highest BCUT2D eigenvalue weighted by atomic mass is 32.2. The van der Waals surface area contributed by atoms with Crippen LogP contribution in [0.2, 0.25) is 0 Å². The number of benzene rings is 2. The molecule has 1 N–H and O–H groups in total. The third-order valence-electron chi connectivity index (χ3n) is 3.97. The lowest BCUT2D eigenvalue weighted by Crippen LogP contribution is -2.26. The van der Waals surface area contributed by atoms with E-state index in [1.807, 2.05) is 42.1 Å². The van der Waals surface area contributed by atoms with E-state index in [-0.39, 0.29) is 12.4 Å². The standard InChI is InChI=1S/C19H21FN2O2S/c20-17-13-16(7-8-18(17)22-9-4-11-25-12-10-22)21-19(23)24-14-15-5-2-1-3-6-15/h1-3,5-8,13H,4,9-12,14H2,(H,21,23). The fourth-order valence-electron chi connectivity index (χ4n) is 2.71. The second kappa shape index (κ2) is 8.76. The number of ether oxygens (including phenoxy) is 1. The van der Waals surface area contributed by atoms with Crippen LogP contribution in [-0.4, -0.2) is 30.7 Å². The number of hydrogen-bond acceptors (Lipinski definition) is 4. The Balaban J connectivity index is 1.57. The van der Waals surface area contributed by atoms with Crippen molar-refractivity contribution in [3.8, 4) is 0 Å². The lowest BCUT2D eigenvalue weighted by molar-refractivity contribution is 0.155. The van der Waals surface area contributed by atoms with Gasteiger partial charge in [-0.1, -0.05) is 30.3 Å². The van der Waals surface area contributed by atoms with Crippen molar-refractivity contribution in [2.45, 2.75) is 13.0 Å². The van der Waals surface area contributed by atoms with E-state index in [9.17, 15) is 9.18 Å². The molecule has 2 aromatic rings. The summed E-state index contributed by atoms with van der Waals surface area (Å²) in [5.74, 6) is 1.80. The van der Waals surface area contributed by atoms with Crippen LogP contribution in [0.15, 0.2) is 48.5 Å². The first-order valence-electron chi connectivity index (χ1n) is 8.32. The van der Waals surface area contributed by atoms with Gasteiger partial charge in [0.15, 0.2) is 0 Å². The lowest BCUT2D eigenvalue weighted by Gasteiger charge is -2.23. The minimum atomic E-state index is -0.595. The van der Waals surface area contributed by atoms with Gasteiger partial charge in [0.1, 0.15) is 12.4 Å². The maximum Gasteiger partial charge on any atom is 0.411 e. The first-order valence-corrected chi connectivity index (χ1v) is 9.48. The monoisotopic (exact) mass is 360 g/mol. The van der Waals surface area contributed by atoms with Gasteiger partial charge in [0.2, 0.25) is 0 Å². The molecule has 132 valence electrons. The molecule has 0 saturated carbocycles. The summed E-state index contributed by atoms with van der Waals surface area (Å²) in [6, 6.07) is 14.2. The van der Waals surface area contributed by atoms with Crippen LogP contribution >= 0.6 is 11.8 Å². The molecule has 0 radical (unpaired) electrons. The molecular weight excluding hydrogens is 339 g/mol. The summed E-state index contributed by atoms with van der Waals surface area (Å²) in [5.41, 5.74) is 1.88. The van der Waals surface area contributed by atoms with Crippen LogP contribution < -0.4 is 10.2 Å². The lowest BCUT2D eigenvalue weighted by atomic mass is 10.2. The summed E-state index contributed by atoms with van der Waals surface area (Å²) in [5, 5.41) is 2.57. The Hall–Kier alpha value is -2.21. The summed E-state index contributed by atoms with van der Waals surface area (Å²) >= 11 is 1.90. The van der Waals surface area contributed by atoms with Crippen molar-refractivity contribution in [1.29, 1.82) is 0 Å². The smallest absolute Gasteiger partial charge is 0.411 e. The average Bonchev–Trinajstić information content (AvgIpc) is 2.90. The van der Waals surface area contributed by atoms with Crippen LogP contribution in [-0.2, 0) is 11.3 Å². The molecule has 1 saturated heterocycles. The molecule has 4 nitrogen and oxygen atoms in total. The van der Waals surface area contributed by atoms with Crippen LogP contribution in [0.25, 0.3) is 0 Å². The van der Waals surface area contributed by atoms with Crippen molar-refractivity contribution < 1.29 is 13.9 Å². The van der Waals surface area contributed by atoms with Gasteiger partial charge >= 0.3 is 6.09 Å². The maximum absolute atomic E-state index is 14.4. The van der Waals surface area contributed by atoms with Crippen molar-refractivity contribution in [2.75, 3.05) is 34.8 Å². The zero-order chi connectivity index (χ0) is 17.5. The number of nitrogens with zero attached hydrogens (tertiary/aromatic N) is 1. The number of thioether (sulfide) groups is 1. The molecule has 0 bridgehead atoms. The summed E-state index contributed by atoms with van der Waals surface area (Å²) in [4.78, 5) is 13.9.